The number of rotatable bonds is 4. The number of fused-ring (bicyclic) bond motifs is 1. The number of anilines is 1. The molecule has 0 saturated carbocycles. The second-order valence-corrected chi connectivity index (χ2v) is 3.70. The highest BCUT2D eigenvalue weighted by Gasteiger charge is 2.13. The zero-order chi connectivity index (χ0) is 12.3. The number of hydrogen-bond donors (Lipinski definition) is 2. The minimum atomic E-state index is -0.354. The lowest BCUT2D eigenvalue weighted by atomic mass is 10.3. The molecular weight excluding hydrogens is 218 g/mol. The minimum absolute atomic E-state index is 0.0636. The highest BCUT2D eigenvalue weighted by molar-refractivity contribution is 5.83. The van der Waals surface area contributed by atoms with Crippen molar-refractivity contribution in [1.29, 1.82) is 0 Å². The van der Waals surface area contributed by atoms with Gasteiger partial charge in [0.1, 0.15) is 6.04 Å². The standard InChI is InChI=1S/C11H15N5O/c1-3-12-10(17)8(2)13-11-14-9-6-4-5-7-16(9)15-11/h4-8H,3H2,1-2H3,(H,12,17)(H,13,15). The summed E-state index contributed by atoms with van der Waals surface area (Å²) in [4.78, 5) is 15.8. The van der Waals surface area contributed by atoms with Crippen LogP contribution in [0.25, 0.3) is 5.65 Å². The van der Waals surface area contributed by atoms with E-state index in [2.05, 4.69) is 20.7 Å². The number of carbonyl (C=O) groups excluding carboxylic acids is 1. The molecule has 1 atom stereocenters. The molecular formula is C11H15N5O. The molecule has 2 heterocycles. The first kappa shape index (κ1) is 11.4. The first-order chi connectivity index (χ1) is 8.20. The zero-order valence-electron chi connectivity index (χ0n) is 9.84. The average Bonchev–Trinajstić information content (AvgIpc) is 2.71. The number of aromatic nitrogens is 3. The fourth-order valence-corrected chi connectivity index (χ4v) is 1.48. The van der Waals surface area contributed by atoms with Gasteiger partial charge in [0.05, 0.1) is 0 Å². The van der Waals surface area contributed by atoms with Crippen LogP contribution in [0.2, 0.25) is 0 Å². The number of hydrogen-bond acceptors (Lipinski definition) is 4. The van der Waals surface area contributed by atoms with Gasteiger partial charge in [-0.25, -0.2) is 4.52 Å². The van der Waals surface area contributed by atoms with E-state index in [1.807, 2.05) is 31.3 Å². The third kappa shape index (κ3) is 2.52. The highest BCUT2D eigenvalue weighted by atomic mass is 16.2. The average molecular weight is 233 g/mol. The Labute approximate surface area is 99.0 Å². The van der Waals surface area contributed by atoms with Crippen LogP contribution in [0.15, 0.2) is 24.4 Å². The largest absolute Gasteiger partial charge is 0.355 e. The summed E-state index contributed by atoms with van der Waals surface area (Å²) in [5.74, 6) is 0.390. The van der Waals surface area contributed by atoms with Gasteiger partial charge >= 0.3 is 0 Å². The highest BCUT2D eigenvalue weighted by Crippen LogP contribution is 2.05. The van der Waals surface area contributed by atoms with E-state index in [4.69, 9.17) is 0 Å². The van der Waals surface area contributed by atoms with E-state index in [0.29, 0.717) is 12.5 Å². The van der Waals surface area contributed by atoms with Gasteiger partial charge in [0.15, 0.2) is 5.65 Å². The second-order valence-electron chi connectivity index (χ2n) is 3.70. The third-order valence-electron chi connectivity index (χ3n) is 2.33. The van der Waals surface area contributed by atoms with Crippen molar-refractivity contribution in [1.82, 2.24) is 19.9 Å². The Morgan fingerprint density at radius 1 is 1.53 bits per heavy atom. The Morgan fingerprint density at radius 3 is 3.06 bits per heavy atom. The third-order valence-corrected chi connectivity index (χ3v) is 2.33. The van der Waals surface area contributed by atoms with E-state index >= 15 is 0 Å². The van der Waals surface area contributed by atoms with Gasteiger partial charge in [-0.1, -0.05) is 6.07 Å². The molecule has 6 nitrogen and oxygen atoms in total. The van der Waals surface area contributed by atoms with E-state index in [1.165, 1.54) is 0 Å². The van der Waals surface area contributed by atoms with Crippen molar-refractivity contribution in [3.8, 4) is 0 Å². The van der Waals surface area contributed by atoms with Gasteiger partial charge in [-0.3, -0.25) is 4.79 Å². The smallest absolute Gasteiger partial charge is 0.243 e. The van der Waals surface area contributed by atoms with E-state index in [-0.39, 0.29) is 11.9 Å². The van der Waals surface area contributed by atoms with Gasteiger partial charge in [0.25, 0.3) is 0 Å². The summed E-state index contributed by atoms with van der Waals surface area (Å²) in [7, 11) is 0. The quantitative estimate of drug-likeness (QED) is 0.814. The molecule has 6 heteroatoms. The van der Waals surface area contributed by atoms with Gasteiger partial charge in [-0.2, -0.15) is 4.98 Å². The van der Waals surface area contributed by atoms with Crippen molar-refractivity contribution < 1.29 is 4.79 Å². The van der Waals surface area contributed by atoms with Crippen molar-refractivity contribution in [2.24, 2.45) is 0 Å². The van der Waals surface area contributed by atoms with E-state index in [9.17, 15) is 4.79 Å². The lowest BCUT2D eigenvalue weighted by Crippen LogP contribution is -2.37. The monoisotopic (exact) mass is 233 g/mol. The van der Waals surface area contributed by atoms with Gasteiger partial charge in [0.2, 0.25) is 11.9 Å². The molecule has 2 N–H and O–H groups in total. The molecule has 0 aliphatic carbocycles. The summed E-state index contributed by atoms with van der Waals surface area (Å²) in [6.07, 6.45) is 1.81. The summed E-state index contributed by atoms with van der Waals surface area (Å²) in [5, 5.41) is 9.91. The van der Waals surface area contributed by atoms with Gasteiger partial charge in [-0.05, 0) is 26.0 Å². The first-order valence-corrected chi connectivity index (χ1v) is 5.56. The van der Waals surface area contributed by atoms with Gasteiger partial charge in [0, 0.05) is 12.7 Å². The van der Waals surface area contributed by atoms with Crippen molar-refractivity contribution in [2.45, 2.75) is 19.9 Å². The molecule has 0 saturated heterocycles. The maximum atomic E-state index is 11.5. The summed E-state index contributed by atoms with van der Waals surface area (Å²) in [5.41, 5.74) is 0.748. The van der Waals surface area contributed by atoms with Crippen LogP contribution < -0.4 is 10.6 Å². The van der Waals surface area contributed by atoms with Crippen LogP contribution in [0.3, 0.4) is 0 Å². The molecule has 1 unspecified atom stereocenters. The molecule has 2 aromatic heterocycles. The topological polar surface area (TPSA) is 71.3 Å². The van der Waals surface area contributed by atoms with E-state index in [1.54, 1.807) is 11.4 Å². The lowest BCUT2D eigenvalue weighted by Gasteiger charge is -2.10. The molecule has 0 aromatic carbocycles. The van der Waals surface area contributed by atoms with Crippen LogP contribution in [-0.4, -0.2) is 33.1 Å². The van der Waals surface area contributed by atoms with Crippen LogP contribution >= 0.6 is 0 Å². The number of pyridine rings is 1. The molecule has 2 aromatic rings. The Balaban J connectivity index is 2.10. The number of amides is 1. The molecule has 17 heavy (non-hydrogen) atoms. The Kier molecular flexibility index (Phi) is 3.22. The first-order valence-electron chi connectivity index (χ1n) is 5.56. The molecule has 0 aliphatic heterocycles. The van der Waals surface area contributed by atoms with E-state index < -0.39 is 0 Å². The fraction of sp³-hybridized carbons (Fsp3) is 0.364. The SMILES string of the molecule is CCNC(=O)C(C)Nc1nc2ccccn2n1. The molecule has 90 valence electrons. The molecule has 2 rings (SSSR count). The normalized spacial score (nSPS) is 12.4. The second kappa shape index (κ2) is 4.82. The molecule has 0 radical (unpaired) electrons. The van der Waals surface area contributed by atoms with Crippen molar-refractivity contribution in [2.75, 3.05) is 11.9 Å². The van der Waals surface area contributed by atoms with Gasteiger partial charge < -0.3 is 10.6 Å². The van der Waals surface area contributed by atoms with Crippen molar-refractivity contribution >= 4 is 17.5 Å². The summed E-state index contributed by atoms with van der Waals surface area (Å²) in [6, 6.07) is 5.27. The molecule has 0 spiro atoms. The van der Waals surface area contributed by atoms with Crippen LogP contribution in [-0.2, 0) is 4.79 Å². The maximum Gasteiger partial charge on any atom is 0.243 e. The number of likely N-dealkylation sites (N-methyl/N-ethyl adjacent to an activating group) is 1. The zero-order valence-corrected chi connectivity index (χ0v) is 9.84. The Morgan fingerprint density at radius 2 is 2.35 bits per heavy atom. The minimum Gasteiger partial charge on any atom is -0.355 e. The van der Waals surface area contributed by atoms with Crippen LogP contribution in [0.4, 0.5) is 5.95 Å². The predicted molar refractivity (Wildman–Crippen MR) is 64.8 cm³/mol. The molecule has 1 amide bonds. The van der Waals surface area contributed by atoms with Crippen molar-refractivity contribution in [3.63, 3.8) is 0 Å². The Bertz CT molecular complexity index is 488. The maximum absolute atomic E-state index is 11.5. The van der Waals surface area contributed by atoms with Crippen LogP contribution in [0.1, 0.15) is 13.8 Å². The van der Waals surface area contributed by atoms with Crippen LogP contribution in [0, 0.1) is 0 Å². The lowest BCUT2D eigenvalue weighted by molar-refractivity contribution is -0.121. The fourth-order valence-electron chi connectivity index (χ4n) is 1.48. The number of carbonyl (C=O) groups is 1. The summed E-state index contributed by atoms with van der Waals surface area (Å²) in [6.45, 7) is 4.27. The summed E-state index contributed by atoms with van der Waals surface area (Å²) >= 11 is 0. The number of nitrogens with zero attached hydrogens (tertiary/aromatic N) is 3. The van der Waals surface area contributed by atoms with E-state index in [0.717, 1.165) is 5.65 Å². The number of nitrogens with one attached hydrogen (secondary N) is 2. The predicted octanol–water partition coefficient (Wildman–Crippen LogP) is 0.666. The van der Waals surface area contributed by atoms with Crippen LogP contribution in [0.5, 0.6) is 0 Å². The molecule has 0 bridgehead atoms. The molecule has 0 fully saturated rings. The summed E-state index contributed by atoms with van der Waals surface area (Å²) < 4.78 is 1.66. The van der Waals surface area contributed by atoms with Crippen molar-refractivity contribution in [3.05, 3.63) is 24.4 Å². The molecule has 0 aliphatic rings. The van der Waals surface area contributed by atoms with Gasteiger partial charge in [-0.15, -0.1) is 5.10 Å². The Hall–Kier alpha value is -2.11.